The van der Waals surface area contributed by atoms with E-state index in [9.17, 15) is 13.2 Å². The fourth-order valence-corrected chi connectivity index (χ4v) is 6.03. The Morgan fingerprint density at radius 2 is 2.07 bits per heavy atom. The van der Waals surface area contributed by atoms with Crippen LogP contribution in [0.4, 0.5) is 0 Å². The van der Waals surface area contributed by atoms with Crippen LogP contribution in [0.3, 0.4) is 0 Å². The highest BCUT2D eigenvalue weighted by Crippen LogP contribution is 2.27. The van der Waals surface area contributed by atoms with Crippen LogP contribution in [-0.4, -0.2) is 40.5 Å². The minimum atomic E-state index is -2.98. The summed E-state index contributed by atoms with van der Waals surface area (Å²) in [5.41, 5.74) is 3.34. The standard InChI is InChI=1S/C19H19N3O3S2/c1-12-15(13(2)22(21-12)14-9-10-27(24,25)11-14)7-8-17(23)19-20-16-5-3-4-6-18(16)26-19/h3-8,14H,9-11H2,1-2H3/b8-7+/t14-/m0/s1. The number of rotatable bonds is 4. The average Bonchev–Trinajstić information content (AvgIpc) is 3.29. The lowest BCUT2D eigenvalue weighted by molar-refractivity contribution is 0.104. The van der Waals surface area contributed by atoms with Crippen LogP contribution < -0.4 is 0 Å². The number of carbonyl (C=O) groups is 1. The number of aryl methyl sites for hydroxylation is 1. The van der Waals surface area contributed by atoms with Crippen LogP contribution in [0.1, 0.15) is 39.2 Å². The molecule has 6 nitrogen and oxygen atoms in total. The van der Waals surface area contributed by atoms with Crippen molar-refractivity contribution in [2.75, 3.05) is 11.5 Å². The van der Waals surface area contributed by atoms with E-state index in [1.165, 1.54) is 17.4 Å². The predicted octanol–water partition coefficient (Wildman–Crippen LogP) is 3.37. The fourth-order valence-electron chi connectivity index (χ4n) is 3.45. The molecule has 1 aromatic carbocycles. The van der Waals surface area contributed by atoms with E-state index in [1.807, 2.05) is 38.1 Å². The Morgan fingerprint density at radius 3 is 2.78 bits per heavy atom. The number of para-hydroxylation sites is 1. The molecular formula is C19H19N3O3S2. The van der Waals surface area contributed by atoms with Gasteiger partial charge in [-0.15, -0.1) is 11.3 Å². The number of ketones is 1. The molecule has 3 heterocycles. The van der Waals surface area contributed by atoms with Crippen molar-refractivity contribution in [1.29, 1.82) is 0 Å². The van der Waals surface area contributed by atoms with Crippen molar-refractivity contribution in [1.82, 2.24) is 14.8 Å². The third kappa shape index (κ3) is 3.46. The molecule has 2 aromatic heterocycles. The number of fused-ring (bicyclic) bond motifs is 1. The van der Waals surface area contributed by atoms with Gasteiger partial charge in [0.05, 0.1) is 33.5 Å². The molecule has 0 saturated carbocycles. The number of benzene rings is 1. The lowest BCUT2D eigenvalue weighted by atomic mass is 10.1. The molecule has 1 saturated heterocycles. The lowest BCUT2D eigenvalue weighted by Gasteiger charge is -2.10. The zero-order valence-corrected chi connectivity index (χ0v) is 16.7. The molecule has 0 unspecified atom stereocenters. The number of aromatic nitrogens is 3. The van der Waals surface area contributed by atoms with Gasteiger partial charge in [0.15, 0.2) is 14.8 Å². The summed E-state index contributed by atoms with van der Waals surface area (Å²) >= 11 is 1.37. The predicted molar refractivity (Wildman–Crippen MR) is 107 cm³/mol. The molecule has 1 atom stereocenters. The first-order chi connectivity index (χ1) is 12.8. The van der Waals surface area contributed by atoms with Gasteiger partial charge in [0.1, 0.15) is 0 Å². The van der Waals surface area contributed by atoms with E-state index in [4.69, 9.17) is 0 Å². The summed E-state index contributed by atoms with van der Waals surface area (Å²) in [7, 11) is -2.98. The van der Waals surface area contributed by atoms with Gasteiger partial charge in [0, 0.05) is 11.3 Å². The topological polar surface area (TPSA) is 81.9 Å². The first-order valence-corrected chi connectivity index (χ1v) is 11.3. The van der Waals surface area contributed by atoms with E-state index >= 15 is 0 Å². The normalized spacial score (nSPS) is 19.3. The van der Waals surface area contributed by atoms with E-state index < -0.39 is 9.84 Å². The van der Waals surface area contributed by atoms with Crippen LogP contribution in [0.2, 0.25) is 0 Å². The molecule has 8 heteroatoms. The van der Waals surface area contributed by atoms with Gasteiger partial charge in [-0.1, -0.05) is 12.1 Å². The van der Waals surface area contributed by atoms with E-state index in [2.05, 4.69) is 10.1 Å². The number of hydrogen-bond acceptors (Lipinski definition) is 6. The van der Waals surface area contributed by atoms with E-state index in [0.29, 0.717) is 11.4 Å². The maximum atomic E-state index is 12.5. The van der Waals surface area contributed by atoms with Gasteiger partial charge >= 0.3 is 0 Å². The molecule has 0 bridgehead atoms. The molecule has 0 radical (unpaired) electrons. The molecule has 1 aliphatic heterocycles. The maximum absolute atomic E-state index is 12.5. The van der Waals surface area contributed by atoms with Crippen molar-refractivity contribution in [2.45, 2.75) is 26.3 Å². The average molecular weight is 402 g/mol. The molecule has 0 spiro atoms. The van der Waals surface area contributed by atoms with Crippen LogP contribution in [0.15, 0.2) is 30.3 Å². The van der Waals surface area contributed by atoms with E-state index in [0.717, 1.165) is 27.2 Å². The molecule has 4 rings (SSSR count). The van der Waals surface area contributed by atoms with Gasteiger partial charge in [-0.25, -0.2) is 13.4 Å². The third-order valence-corrected chi connectivity index (χ3v) is 7.64. The Morgan fingerprint density at radius 1 is 1.30 bits per heavy atom. The number of sulfone groups is 1. The van der Waals surface area contributed by atoms with Crippen molar-refractivity contribution in [3.63, 3.8) is 0 Å². The quantitative estimate of drug-likeness (QED) is 0.494. The second kappa shape index (κ2) is 6.69. The van der Waals surface area contributed by atoms with Gasteiger partial charge < -0.3 is 0 Å². The number of nitrogens with zero attached hydrogens (tertiary/aromatic N) is 3. The Hall–Kier alpha value is -2.32. The van der Waals surface area contributed by atoms with Gasteiger partial charge in [-0.2, -0.15) is 5.10 Å². The summed E-state index contributed by atoms with van der Waals surface area (Å²) in [4.78, 5) is 16.9. The van der Waals surface area contributed by atoms with Crippen molar-refractivity contribution >= 4 is 43.2 Å². The van der Waals surface area contributed by atoms with Crippen molar-refractivity contribution in [3.05, 3.63) is 52.3 Å². The summed E-state index contributed by atoms with van der Waals surface area (Å²) in [6.45, 7) is 3.78. The number of hydrogen-bond donors (Lipinski definition) is 0. The zero-order valence-electron chi connectivity index (χ0n) is 15.0. The van der Waals surface area contributed by atoms with Crippen LogP contribution >= 0.6 is 11.3 Å². The van der Waals surface area contributed by atoms with Gasteiger partial charge in [-0.05, 0) is 44.6 Å². The molecule has 0 amide bonds. The molecule has 0 N–H and O–H groups in total. The third-order valence-electron chi connectivity index (χ3n) is 4.84. The smallest absolute Gasteiger partial charge is 0.214 e. The molecular weight excluding hydrogens is 382 g/mol. The Kier molecular flexibility index (Phi) is 4.47. The number of thiazole rings is 1. The van der Waals surface area contributed by atoms with Crippen molar-refractivity contribution in [2.24, 2.45) is 0 Å². The minimum Gasteiger partial charge on any atom is -0.287 e. The Bertz CT molecular complexity index is 1140. The van der Waals surface area contributed by atoms with Gasteiger partial charge in [0.25, 0.3) is 0 Å². The second-order valence-corrected chi connectivity index (χ2v) is 10.0. The first-order valence-electron chi connectivity index (χ1n) is 8.68. The Balaban J connectivity index is 1.59. The highest BCUT2D eigenvalue weighted by atomic mass is 32.2. The Labute approximate surface area is 161 Å². The molecule has 27 heavy (non-hydrogen) atoms. The van der Waals surface area contributed by atoms with Crippen LogP contribution in [-0.2, 0) is 9.84 Å². The minimum absolute atomic E-state index is 0.128. The molecule has 140 valence electrons. The molecule has 1 aliphatic rings. The molecule has 3 aromatic rings. The summed E-state index contributed by atoms with van der Waals surface area (Å²) in [6.07, 6.45) is 3.86. The van der Waals surface area contributed by atoms with Gasteiger partial charge in [-0.3, -0.25) is 9.48 Å². The maximum Gasteiger partial charge on any atom is 0.214 e. The highest BCUT2D eigenvalue weighted by molar-refractivity contribution is 7.91. The molecule has 1 fully saturated rings. The number of carbonyl (C=O) groups excluding carboxylic acids is 1. The largest absolute Gasteiger partial charge is 0.287 e. The van der Waals surface area contributed by atoms with E-state index in [1.54, 1.807) is 10.8 Å². The fraction of sp³-hybridized carbons (Fsp3) is 0.316. The van der Waals surface area contributed by atoms with Crippen LogP contribution in [0.5, 0.6) is 0 Å². The van der Waals surface area contributed by atoms with Crippen molar-refractivity contribution in [3.8, 4) is 0 Å². The van der Waals surface area contributed by atoms with Crippen molar-refractivity contribution < 1.29 is 13.2 Å². The highest BCUT2D eigenvalue weighted by Gasteiger charge is 2.31. The first kappa shape index (κ1) is 18.1. The summed E-state index contributed by atoms with van der Waals surface area (Å²) < 4.78 is 26.3. The summed E-state index contributed by atoms with van der Waals surface area (Å²) in [6, 6.07) is 7.53. The van der Waals surface area contributed by atoms with Crippen LogP contribution in [0.25, 0.3) is 16.3 Å². The van der Waals surface area contributed by atoms with Gasteiger partial charge in [0.2, 0.25) is 5.78 Å². The number of allylic oxidation sites excluding steroid dienone is 1. The summed E-state index contributed by atoms with van der Waals surface area (Å²) in [5.74, 6) is 0.186. The zero-order chi connectivity index (χ0) is 19.2. The SMILES string of the molecule is Cc1nn([C@H]2CCS(=O)(=O)C2)c(C)c1/C=C/C(=O)c1nc2ccccc2s1. The monoisotopic (exact) mass is 401 g/mol. The van der Waals surface area contributed by atoms with Crippen LogP contribution in [0, 0.1) is 13.8 Å². The molecule has 0 aliphatic carbocycles. The van der Waals surface area contributed by atoms with E-state index in [-0.39, 0.29) is 23.3 Å². The lowest BCUT2D eigenvalue weighted by Crippen LogP contribution is -2.13. The summed E-state index contributed by atoms with van der Waals surface area (Å²) in [5, 5.41) is 4.98. The second-order valence-electron chi connectivity index (χ2n) is 6.77.